The molecule has 0 N–H and O–H groups in total. The van der Waals surface area contributed by atoms with Gasteiger partial charge >= 0.3 is 0 Å². The highest BCUT2D eigenvalue weighted by atomic mass is 35.5. The SMILES string of the molecule is O=C(CCn1c(CCl)nc2cccc(Cl)c21)N1CCCC1. The molecule has 0 aliphatic carbocycles. The largest absolute Gasteiger partial charge is 0.343 e. The normalized spacial score (nSPS) is 15.0. The van der Waals surface area contributed by atoms with Crippen LogP contribution in [0.2, 0.25) is 5.02 Å². The Labute approximate surface area is 133 Å². The number of likely N-dealkylation sites (tertiary alicyclic amines) is 1. The summed E-state index contributed by atoms with van der Waals surface area (Å²) in [5.41, 5.74) is 1.69. The fraction of sp³-hybridized carbons (Fsp3) is 0.467. The van der Waals surface area contributed by atoms with Crippen LogP contribution in [0.3, 0.4) is 0 Å². The lowest BCUT2D eigenvalue weighted by Crippen LogP contribution is -2.28. The van der Waals surface area contributed by atoms with Crippen LogP contribution in [-0.4, -0.2) is 33.4 Å². The summed E-state index contributed by atoms with van der Waals surface area (Å²) >= 11 is 12.3. The summed E-state index contributed by atoms with van der Waals surface area (Å²) in [5, 5.41) is 0.644. The molecule has 0 spiro atoms. The van der Waals surface area contributed by atoms with Gasteiger partial charge in [0.25, 0.3) is 0 Å². The maximum atomic E-state index is 12.2. The van der Waals surface area contributed by atoms with Gasteiger partial charge < -0.3 is 9.47 Å². The first-order chi connectivity index (χ1) is 10.2. The number of amides is 1. The van der Waals surface area contributed by atoms with Crippen molar-refractivity contribution in [1.82, 2.24) is 14.5 Å². The number of hydrogen-bond acceptors (Lipinski definition) is 2. The first kappa shape index (κ1) is 14.7. The van der Waals surface area contributed by atoms with Crippen molar-refractivity contribution in [3.8, 4) is 0 Å². The Kier molecular flexibility index (Phi) is 4.36. The molecular formula is C15H17Cl2N3O. The van der Waals surface area contributed by atoms with Gasteiger partial charge in [-0.1, -0.05) is 17.7 Å². The summed E-state index contributed by atoms with van der Waals surface area (Å²) in [6, 6.07) is 5.62. The molecule has 1 aliphatic rings. The highest BCUT2D eigenvalue weighted by Crippen LogP contribution is 2.25. The van der Waals surface area contributed by atoms with Crippen LogP contribution in [0, 0.1) is 0 Å². The maximum Gasteiger partial charge on any atom is 0.224 e. The summed E-state index contributed by atoms with van der Waals surface area (Å²) in [6.45, 7) is 2.33. The lowest BCUT2D eigenvalue weighted by molar-refractivity contribution is -0.130. The molecule has 2 heterocycles. The van der Waals surface area contributed by atoms with Gasteiger partial charge in [-0.2, -0.15) is 0 Å². The second-order valence-corrected chi connectivity index (χ2v) is 5.93. The molecule has 112 valence electrons. The van der Waals surface area contributed by atoms with Crippen LogP contribution >= 0.6 is 23.2 Å². The minimum Gasteiger partial charge on any atom is -0.343 e. The molecule has 2 aromatic rings. The maximum absolute atomic E-state index is 12.2. The standard InChI is InChI=1S/C15H17Cl2N3O/c16-10-13-18-12-5-3-4-11(17)15(12)20(13)9-6-14(21)19-7-1-2-8-19/h3-5H,1-2,6-10H2. The highest BCUT2D eigenvalue weighted by molar-refractivity contribution is 6.35. The van der Waals surface area contributed by atoms with Gasteiger partial charge in [0.05, 0.1) is 21.9 Å². The predicted octanol–water partition coefficient (Wildman–Crippen LogP) is 3.44. The molecule has 1 fully saturated rings. The number of halogens is 2. The molecule has 6 heteroatoms. The number of imidazole rings is 1. The van der Waals surface area contributed by atoms with E-state index in [0.29, 0.717) is 23.9 Å². The minimum atomic E-state index is 0.196. The van der Waals surface area contributed by atoms with Gasteiger partial charge in [0, 0.05) is 26.1 Å². The third kappa shape index (κ3) is 2.87. The van der Waals surface area contributed by atoms with Gasteiger partial charge in [-0.05, 0) is 25.0 Å². The average molecular weight is 326 g/mol. The molecule has 0 saturated carbocycles. The van der Waals surface area contributed by atoms with Crippen LogP contribution < -0.4 is 0 Å². The van der Waals surface area contributed by atoms with E-state index in [0.717, 1.165) is 42.8 Å². The number of aryl methyl sites for hydroxylation is 1. The number of hydrogen-bond donors (Lipinski definition) is 0. The number of aromatic nitrogens is 2. The van der Waals surface area contributed by atoms with E-state index in [1.54, 1.807) is 0 Å². The minimum absolute atomic E-state index is 0.196. The van der Waals surface area contributed by atoms with E-state index in [1.807, 2.05) is 27.7 Å². The Morgan fingerprint density at radius 2 is 2.05 bits per heavy atom. The Morgan fingerprint density at radius 1 is 1.29 bits per heavy atom. The van der Waals surface area contributed by atoms with Crippen molar-refractivity contribution in [3.63, 3.8) is 0 Å². The molecule has 1 saturated heterocycles. The van der Waals surface area contributed by atoms with Crippen LogP contribution in [-0.2, 0) is 17.2 Å². The lowest BCUT2D eigenvalue weighted by Gasteiger charge is -2.16. The van der Waals surface area contributed by atoms with E-state index in [1.165, 1.54) is 0 Å². The summed E-state index contributed by atoms with van der Waals surface area (Å²) in [7, 11) is 0. The van der Waals surface area contributed by atoms with Crippen molar-refractivity contribution in [1.29, 1.82) is 0 Å². The molecule has 1 aromatic carbocycles. The molecule has 0 unspecified atom stereocenters. The van der Waals surface area contributed by atoms with Crippen molar-refractivity contribution < 1.29 is 4.79 Å². The topological polar surface area (TPSA) is 38.1 Å². The number of alkyl halides is 1. The number of fused-ring (bicyclic) bond motifs is 1. The Morgan fingerprint density at radius 3 is 2.76 bits per heavy atom. The molecule has 0 atom stereocenters. The highest BCUT2D eigenvalue weighted by Gasteiger charge is 2.19. The van der Waals surface area contributed by atoms with Crippen LogP contribution in [0.4, 0.5) is 0 Å². The zero-order valence-electron chi connectivity index (χ0n) is 11.7. The fourth-order valence-electron chi connectivity index (χ4n) is 2.86. The van der Waals surface area contributed by atoms with Gasteiger partial charge in [-0.15, -0.1) is 11.6 Å². The van der Waals surface area contributed by atoms with Gasteiger partial charge in [-0.25, -0.2) is 4.98 Å². The fourth-order valence-corrected chi connectivity index (χ4v) is 3.34. The molecule has 1 amide bonds. The van der Waals surface area contributed by atoms with Crippen LogP contribution in [0.15, 0.2) is 18.2 Å². The van der Waals surface area contributed by atoms with Crippen LogP contribution in [0.1, 0.15) is 25.1 Å². The van der Waals surface area contributed by atoms with Crippen molar-refractivity contribution in [2.45, 2.75) is 31.7 Å². The van der Waals surface area contributed by atoms with Crippen molar-refractivity contribution in [2.75, 3.05) is 13.1 Å². The molecule has 4 nitrogen and oxygen atoms in total. The molecule has 1 aromatic heterocycles. The smallest absolute Gasteiger partial charge is 0.224 e. The lowest BCUT2D eigenvalue weighted by atomic mass is 10.3. The quantitative estimate of drug-likeness (QED) is 0.807. The van der Waals surface area contributed by atoms with Gasteiger partial charge in [0.2, 0.25) is 5.91 Å². The zero-order valence-corrected chi connectivity index (χ0v) is 13.2. The molecular weight excluding hydrogens is 309 g/mol. The van der Waals surface area contributed by atoms with Gasteiger partial charge in [0.15, 0.2) is 0 Å². The van der Waals surface area contributed by atoms with Crippen LogP contribution in [0.25, 0.3) is 11.0 Å². The third-order valence-electron chi connectivity index (χ3n) is 3.92. The van der Waals surface area contributed by atoms with E-state index < -0.39 is 0 Å². The van der Waals surface area contributed by atoms with Crippen LogP contribution in [0.5, 0.6) is 0 Å². The number of carbonyl (C=O) groups is 1. The van der Waals surface area contributed by atoms with Crippen molar-refractivity contribution >= 4 is 40.1 Å². The Hall–Kier alpha value is -1.26. The second-order valence-electron chi connectivity index (χ2n) is 5.26. The Balaban J connectivity index is 1.83. The number of para-hydroxylation sites is 1. The molecule has 1 aliphatic heterocycles. The van der Waals surface area contributed by atoms with E-state index in [4.69, 9.17) is 23.2 Å². The molecule has 0 bridgehead atoms. The van der Waals surface area contributed by atoms with Crippen molar-refractivity contribution in [2.24, 2.45) is 0 Å². The van der Waals surface area contributed by atoms with E-state index in [-0.39, 0.29) is 5.91 Å². The number of nitrogens with zero attached hydrogens (tertiary/aromatic N) is 3. The number of carbonyl (C=O) groups excluding carboxylic acids is 1. The van der Waals surface area contributed by atoms with Gasteiger partial charge in [0.1, 0.15) is 5.82 Å². The van der Waals surface area contributed by atoms with Gasteiger partial charge in [-0.3, -0.25) is 4.79 Å². The first-order valence-electron chi connectivity index (χ1n) is 7.18. The summed E-state index contributed by atoms with van der Waals surface area (Å²) in [5.74, 6) is 1.26. The monoisotopic (exact) mass is 325 g/mol. The van der Waals surface area contributed by atoms with E-state index >= 15 is 0 Å². The summed E-state index contributed by atoms with van der Waals surface area (Å²) in [6.07, 6.45) is 2.68. The Bertz CT molecular complexity index is 662. The zero-order chi connectivity index (χ0) is 14.8. The predicted molar refractivity (Wildman–Crippen MR) is 84.7 cm³/mol. The number of benzene rings is 1. The number of rotatable bonds is 4. The summed E-state index contributed by atoms with van der Waals surface area (Å²) < 4.78 is 1.97. The second kappa shape index (κ2) is 6.24. The summed E-state index contributed by atoms with van der Waals surface area (Å²) in [4.78, 5) is 18.6. The first-order valence-corrected chi connectivity index (χ1v) is 8.09. The molecule has 0 radical (unpaired) electrons. The van der Waals surface area contributed by atoms with Crippen molar-refractivity contribution in [3.05, 3.63) is 29.0 Å². The third-order valence-corrected chi connectivity index (χ3v) is 4.47. The van der Waals surface area contributed by atoms with E-state index in [2.05, 4.69) is 4.98 Å². The van der Waals surface area contributed by atoms with E-state index in [9.17, 15) is 4.79 Å². The molecule has 21 heavy (non-hydrogen) atoms. The average Bonchev–Trinajstić information content (AvgIpc) is 3.12. The molecule has 3 rings (SSSR count).